The second-order valence-electron chi connectivity index (χ2n) is 7.96. The van der Waals surface area contributed by atoms with Gasteiger partial charge in [0.05, 0.1) is 11.3 Å². The summed E-state index contributed by atoms with van der Waals surface area (Å²) in [6.07, 6.45) is 6.61. The maximum atomic E-state index is 12.9. The number of hydrogen-bond acceptors (Lipinski definition) is 8. The largest absolute Gasteiger partial charge is 0.477 e. The Morgan fingerprint density at radius 2 is 2.09 bits per heavy atom. The second kappa shape index (κ2) is 8.21. The van der Waals surface area contributed by atoms with Gasteiger partial charge in [0.1, 0.15) is 17.2 Å². The third-order valence-corrected chi connectivity index (χ3v) is 6.53. The smallest absolute Gasteiger partial charge is 0.341 e. The van der Waals surface area contributed by atoms with Crippen LogP contribution in [0.1, 0.15) is 21.5 Å². The zero-order valence-electron chi connectivity index (χ0n) is 17.6. The molecule has 4 aromatic rings. The number of nitrogens with zero attached hydrogens (tertiary/aromatic N) is 5. The minimum absolute atomic E-state index is 0.0986. The molecule has 0 spiro atoms. The molecule has 0 aliphatic carbocycles. The van der Waals surface area contributed by atoms with Gasteiger partial charge in [-0.2, -0.15) is 0 Å². The highest BCUT2D eigenvalue weighted by atomic mass is 32.1. The van der Waals surface area contributed by atoms with Crippen LogP contribution in [0.2, 0.25) is 0 Å². The number of Topliss-reactive ketones (excluding diaryl/α,β-unsaturated/α-hetero) is 1. The van der Waals surface area contributed by atoms with E-state index in [1.165, 1.54) is 17.5 Å². The van der Waals surface area contributed by atoms with E-state index >= 15 is 0 Å². The van der Waals surface area contributed by atoms with Crippen LogP contribution in [0.25, 0.3) is 16.2 Å². The van der Waals surface area contributed by atoms with Crippen LogP contribution < -0.4 is 10.3 Å². The van der Waals surface area contributed by atoms with E-state index in [2.05, 4.69) is 9.97 Å². The zero-order chi connectivity index (χ0) is 23.1. The highest BCUT2D eigenvalue weighted by Crippen LogP contribution is 2.29. The average Bonchev–Trinajstić information content (AvgIpc) is 3.28. The molecule has 5 heterocycles. The van der Waals surface area contributed by atoms with Crippen LogP contribution in [-0.4, -0.2) is 49.5 Å². The van der Waals surface area contributed by atoms with E-state index in [0.717, 1.165) is 5.56 Å². The lowest BCUT2D eigenvalue weighted by Crippen LogP contribution is -2.51. The van der Waals surface area contributed by atoms with Crippen molar-refractivity contribution in [2.24, 2.45) is 5.92 Å². The van der Waals surface area contributed by atoms with Crippen LogP contribution in [0.5, 0.6) is 0 Å². The molecule has 1 aliphatic heterocycles. The summed E-state index contributed by atoms with van der Waals surface area (Å²) >= 11 is 1.32. The Labute approximate surface area is 192 Å². The third kappa shape index (κ3) is 3.78. The number of anilines is 1. The van der Waals surface area contributed by atoms with Crippen molar-refractivity contribution >= 4 is 39.9 Å². The number of carboxylic acids is 1. The van der Waals surface area contributed by atoms with Crippen molar-refractivity contribution in [2.45, 2.75) is 13.3 Å². The standard InChI is InChI=1S/C23H19N5O4S/c1-13-7-18(27-10-15(11-27)17(29)8-14-3-2-4-24-9-14)26-21-19(13)20(30)16(22(31)32)12-28(21)23-25-5-6-33-23/h2-7,9,12,15H,8,10-11H2,1H3,(H,31,32). The van der Waals surface area contributed by atoms with Crippen molar-refractivity contribution in [3.8, 4) is 5.13 Å². The number of pyridine rings is 3. The van der Waals surface area contributed by atoms with Crippen LogP contribution >= 0.6 is 11.3 Å². The summed E-state index contributed by atoms with van der Waals surface area (Å²) < 4.78 is 1.55. The molecule has 0 atom stereocenters. The van der Waals surface area contributed by atoms with Crippen molar-refractivity contribution in [1.82, 2.24) is 19.5 Å². The first-order valence-electron chi connectivity index (χ1n) is 10.3. The van der Waals surface area contributed by atoms with Crippen molar-refractivity contribution in [3.63, 3.8) is 0 Å². The lowest BCUT2D eigenvalue weighted by Gasteiger charge is -2.39. The van der Waals surface area contributed by atoms with Gasteiger partial charge in [-0.3, -0.25) is 19.1 Å². The van der Waals surface area contributed by atoms with E-state index in [1.54, 1.807) is 41.5 Å². The fourth-order valence-corrected chi connectivity index (χ4v) is 4.61. The predicted octanol–water partition coefficient (Wildman–Crippen LogP) is 2.49. The molecule has 0 aromatic carbocycles. The van der Waals surface area contributed by atoms with E-state index in [9.17, 15) is 19.5 Å². The predicted molar refractivity (Wildman–Crippen MR) is 123 cm³/mol. The lowest BCUT2D eigenvalue weighted by molar-refractivity contribution is -0.122. The molecule has 1 saturated heterocycles. The van der Waals surface area contributed by atoms with Crippen LogP contribution in [0.15, 0.2) is 53.2 Å². The van der Waals surface area contributed by atoms with E-state index < -0.39 is 11.4 Å². The van der Waals surface area contributed by atoms with Gasteiger partial charge in [-0.25, -0.2) is 14.8 Å². The van der Waals surface area contributed by atoms with Gasteiger partial charge in [-0.1, -0.05) is 6.07 Å². The summed E-state index contributed by atoms with van der Waals surface area (Å²) in [5, 5.41) is 12.1. The molecule has 0 saturated carbocycles. The molecule has 10 heteroatoms. The van der Waals surface area contributed by atoms with E-state index in [0.29, 0.717) is 41.7 Å². The topological polar surface area (TPSA) is 118 Å². The number of hydrogen-bond donors (Lipinski definition) is 1. The van der Waals surface area contributed by atoms with Crippen molar-refractivity contribution < 1.29 is 14.7 Å². The zero-order valence-corrected chi connectivity index (χ0v) is 18.5. The summed E-state index contributed by atoms with van der Waals surface area (Å²) in [7, 11) is 0. The summed E-state index contributed by atoms with van der Waals surface area (Å²) in [6, 6.07) is 5.47. The summed E-state index contributed by atoms with van der Waals surface area (Å²) in [6.45, 7) is 2.83. The Bertz CT molecular complexity index is 1430. The molecule has 0 radical (unpaired) electrons. The molecule has 1 aliphatic rings. The number of ketones is 1. The van der Waals surface area contributed by atoms with Crippen molar-refractivity contribution in [3.05, 3.63) is 75.3 Å². The van der Waals surface area contributed by atoms with Crippen LogP contribution in [0.4, 0.5) is 5.82 Å². The molecule has 4 aromatic heterocycles. The fraction of sp³-hybridized carbons (Fsp3) is 0.217. The number of fused-ring (bicyclic) bond motifs is 1. The molecule has 0 bridgehead atoms. The normalized spacial score (nSPS) is 13.8. The van der Waals surface area contributed by atoms with Crippen molar-refractivity contribution in [2.75, 3.05) is 18.0 Å². The van der Waals surface area contributed by atoms with Gasteiger partial charge in [0.2, 0.25) is 5.43 Å². The van der Waals surface area contributed by atoms with Crippen LogP contribution in [0, 0.1) is 12.8 Å². The summed E-state index contributed by atoms with van der Waals surface area (Å²) in [5.74, 6) is -0.604. The second-order valence-corrected chi connectivity index (χ2v) is 8.84. The Hall–Kier alpha value is -3.92. The minimum Gasteiger partial charge on any atom is -0.477 e. The number of aromatic nitrogens is 4. The molecule has 33 heavy (non-hydrogen) atoms. The number of thiazole rings is 1. The quantitative estimate of drug-likeness (QED) is 0.465. The molecular weight excluding hydrogens is 442 g/mol. The Morgan fingerprint density at radius 1 is 1.27 bits per heavy atom. The fourth-order valence-electron chi connectivity index (χ4n) is 3.99. The molecule has 9 nitrogen and oxygen atoms in total. The van der Waals surface area contributed by atoms with E-state index in [-0.39, 0.29) is 22.7 Å². The molecule has 0 amide bonds. The number of rotatable bonds is 6. The molecule has 1 fully saturated rings. The first-order valence-corrected chi connectivity index (χ1v) is 11.2. The van der Waals surface area contributed by atoms with Gasteiger partial charge < -0.3 is 10.0 Å². The van der Waals surface area contributed by atoms with E-state index in [4.69, 9.17) is 4.98 Å². The maximum absolute atomic E-state index is 12.9. The van der Waals surface area contributed by atoms with Gasteiger partial charge in [0.25, 0.3) is 0 Å². The van der Waals surface area contributed by atoms with Gasteiger partial charge in [-0.15, -0.1) is 11.3 Å². The highest BCUT2D eigenvalue weighted by Gasteiger charge is 2.34. The molecule has 5 rings (SSSR count). The number of carbonyl (C=O) groups excluding carboxylic acids is 1. The average molecular weight is 462 g/mol. The van der Waals surface area contributed by atoms with Crippen LogP contribution in [-0.2, 0) is 11.2 Å². The monoisotopic (exact) mass is 461 g/mol. The first-order chi connectivity index (χ1) is 15.9. The van der Waals surface area contributed by atoms with Crippen molar-refractivity contribution in [1.29, 1.82) is 0 Å². The third-order valence-electron chi connectivity index (χ3n) is 5.76. The van der Waals surface area contributed by atoms with E-state index in [1.807, 2.05) is 17.0 Å². The number of aryl methyl sites for hydroxylation is 1. The minimum atomic E-state index is -1.30. The lowest BCUT2D eigenvalue weighted by atomic mass is 9.91. The molecule has 0 unspecified atom stereocenters. The number of aromatic carboxylic acids is 1. The molecule has 166 valence electrons. The Balaban J connectivity index is 1.48. The Morgan fingerprint density at radius 3 is 2.76 bits per heavy atom. The summed E-state index contributed by atoms with van der Waals surface area (Å²) in [5.41, 5.74) is 0.955. The first kappa shape index (κ1) is 21.0. The highest BCUT2D eigenvalue weighted by molar-refractivity contribution is 7.12. The maximum Gasteiger partial charge on any atom is 0.341 e. The Kier molecular flexibility index (Phi) is 5.21. The van der Waals surface area contributed by atoms with Gasteiger partial charge in [0, 0.05) is 49.7 Å². The SMILES string of the molecule is Cc1cc(N2CC(C(=O)Cc3cccnc3)C2)nc2c1c(=O)c(C(=O)O)cn2-c1nccs1. The molecular formula is C23H19N5O4S. The molecule has 1 N–H and O–H groups in total. The summed E-state index contributed by atoms with van der Waals surface area (Å²) in [4.78, 5) is 52.2. The number of carboxylic acid groups (broad SMARTS) is 1. The van der Waals surface area contributed by atoms with Gasteiger partial charge >= 0.3 is 5.97 Å². The van der Waals surface area contributed by atoms with Gasteiger partial charge in [0.15, 0.2) is 10.8 Å². The van der Waals surface area contributed by atoms with Gasteiger partial charge in [-0.05, 0) is 30.2 Å². The number of carbonyl (C=O) groups is 2. The van der Waals surface area contributed by atoms with Crippen LogP contribution in [0.3, 0.4) is 0 Å².